The summed E-state index contributed by atoms with van der Waals surface area (Å²) in [5.41, 5.74) is -0.864. The predicted octanol–water partition coefficient (Wildman–Crippen LogP) is 3.24. The molecule has 108 valence electrons. The van der Waals surface area contributed by atoms with Crippen LogP contribution in [-0.4, -0.2) is 36.1 Å². The number of aromatic nitrogens is 1. The number of halogens is 3. The molecule has 0 spiro atoms. The van der Waals surface area contributed by atoms with Gasteiger partial charge < -0.3 is 10.2 Å². The minimum Gasteiger partial charge on any atom is -0.370 e. The van der Waals surface area contributed by atoms with E-state index < -0.39 is 11.9 Å². The topological polar surface area (TPSA) is 28.2 Å². The van der Waals surface area contributed by atoms with Crippen LogP contribution in [0.25, 0.3) is 0 Å². The predicted molar refractivity (Wildman–Crippen MR) is 70.1 cm³/mol. The van der Waals surface area contributed by atoms with Crippen molar-refractivity contribution in [3.8, 4) is 0 Å². The molecule has 0 unspecified atom stereocenters. The van der Waals surface area contributed by atoms with Crippen LogP contribution in [0.15, 0.2) is 18.2 Å². The van der Waals surface area contributed by atoms with Gasteiger partial charge in [0.2, 0.25) is 0 Å². The summed E-state index contributed by atoms with van der Waals surface area (Å²) in [6.07, 6.45) is -3.54. The maximum Gasteiger partial charge on any atom is 0.433 e. The number of rotatable bonds is 6. The van der Waals surface area contributed by atoms with Crippen LogP contribution in [0.4, 0.5) is 19.0 Å². The highest BCUT2D eigenvalue weighted by molar-refractivity contribution is 5.35. The minimum atomic E-state index is -4.39. The molecule has 0 aliphatic rings. The minimum absolute atomic E-state index is 0.266. The summed E-state index contributed by atoms with van der Waals surface area (Å²) < 4.78 is 37.4. The van der Waals surface area contributed by atoms with Crippen LogP contribution < -0.4 is 5.32 Å². The highest BCUT2D eigenvalue weighted by Gasteiger charge is 2.32. The van der Waals surface area contributed by atoms with Crippen molar-refractivity contribution in [2.75, 3.05) is 25.5 Å². The molecular weight excluding hydrogens is 255 g/mol. The van der Waals surface area contributed by atoms with E-state index in [2.05, 4.69) is 29.0 Å². The van der Waals surface area contributed by atoms with Crippen LogP contribution in [0, 0.1) is 0 Å². The third-order valence-electron chi connectivity index (χ3n) is 2.91. The number of anilines is 1. The number of hydrogen-bond acceptors (Lipinski definition) is 3. The van der Waals surface area contributed by atoms with E-state index in [4.69, 9.17) is 0 Å². The Labute approximate surface area is 111 Å². The van der Waals surface area contributed by atoms with E-state index in [1.807, 2.05) is 7.05 Å². The van der Waals surface area contributed by atoms with Gasteiger partial charge in [-0.25, -0.2) is 4.98 Å². The molecule has 1 heterocycles. The molecule has 19 heavy (non-hydrogen) atoms. The molecule has 0 fully saturated rings. The average Bonchev–Trinajstić information content (AvgIpc) is 2.33. The summed E-state index contributed by atoms with van der Waals surface area (Å²) in [7, 11) is 2.02. The lowest BCUT2D eigenvalue weighted by molar-refractivity contribution is -0.141. The second kappa shape index (κ2) is 6.75. The van der Waals surface area contributed by atoms with Crippen molar-refractivity contribution < 1.29 is 13.2 Å². The zero-order valence-electron chi connectivity index (χ0n) is 11.5. The van der Waals surface area contributed by atoms with E-state index in [0.717, 1.165) is 19.0 Å². The largest absolute Gasteiger partial charge is 0.433 e. The average molecular weight is 275 g/mol. The monoisotopic (exact) mass is 275 g/mol. The first kappa shape index (κ1) is 15.8. The highest BCUT2D eigenvalue weighted by Crippen LogP contribution is 2.28. The van der Waals surface area contributed by atoms with E-state index >= 15 is 0 Å². The molecule has 0 saturated heterocycles. The fourth-order valence-corrected chi connectivity index (χ4v) is 1.49. The summed E-state index contributed by atoms with van der Waals surface area (Å²) >= 11 is 0. The molecule has 1 aromatic rings. The maximum atomic E-state index is 12.5. The third-order valence-corrected chi connectivity index (χ3v) is 2.91. The molecule has 0 aliphatic heterocycles. The van der Waals surface area contributed by atoms with Gasteiger partial charge in [-0.05, 0) is 46.0 Å². The normalized spacial score (nSPS) is 12.2. The van der Waals surface area contributed by atoms with Gasteiger partial charge in [-0.15, -0.1) is 0 Å². The van der Waals surface area contributed by atoms with Crippen molar-refractivity contribution in [3.63, 3.8) is 0 Å². The van der Waals surface area contributed by atoms with E-state index in [9.17, 15) is 13.2 Å². The Hall–Kier alpha value is -1.30. The van der Waals surface area contributed by atoms with Gasteiger partial charge in [-0.2, -0.15) is 13.2 Å². The van der Waals surface area contributed by atoms with Crippen LogP contribution in [-0.2, 0) is 6.18 Å². The number of nitrogens with one attached hydrogen (secondary N) is 1. The molecule has 0 saturated carbocycles. The van der Waals surface area contributed by atoms with Crippen molar-refractivity contribution in [1.29, 1.82) is 0 Å². The van der Waals surface area contributed by atoms with Crippen molar-refractivity contribution in [1.82, 2.24) is 9.88 Å². The van der Waals surface area contributed by atoms with Crippen molar-refractivity contribution in [3.05, 3.63) is 23.9 Å². The van der Waals surface area contributed by atoms with E-state index in [0.29, 0.717) is 12.6 Å². The molecule has 0 atom stereocenters. The molecule has 0 bridgehead atoms. The SMILES string of the molecule is CC(C)N(C)CCCNc1cccc(C(F)(F)F)n1. The lowest BCUT2D eigenvalue weighted by atomic mass is 10.3. The lowest BCUT2D eigenvalue weighted by Gasteiger charge is -2.20. The van der Waals surface area contributed by atoms with Gasteiger partial charge in [0.15, 0.2) is 0 Å². The van der Waals surface area contributed by atoms with Gasteiger partial charge >= 0.3 is 6.18 Å². The van der Waals surface area contributed by atoms with Gasteiger partial charge in [-0.3, -0.25) is 0 Å². The molecule has 3 nitrogen and oxygen atoms in total. The molecule has 0 aliphatic carbocycles. The number of pyridine rings is 1. The van der Waals surface area contributed by atoms with Gasteiger partial charge in [-0.1, -0.05) is 6.07 Å². The third kappa shape index (κ3) is 5.46. The summed E-state index contributed by atoms with van der Waals surface area (Å²) in [4.78, 5) is 5.73. The van der Waals surface area contributed by atoms with Gasteiger partial charge in [0, 0.05) is 12.6 Å². The Morgan fingerprint density at radius 2 is 2.00 bits per heavy atom. The van der Waals surface area contributed by atoms with Crippen molar-refractivity contribution in [2.45, 2.75) is 32.5 Å². The van der Waals surface area contributed by atoms with E-state index in [1.165, 1.54) is 6.07 Å². The second-order valence-electron chi connectivity index (χ2n) is 4.76. The van der Waals surface area contributed by atoms with Crippen molar-refractivity contribution in [2.24, 2.45) is 0 Å². The van der Waals surface area contributed by atoms with Gasteiger partial charge in [0.1, 0.15) is 11.5 Å². The fraction of sp³-hybridized carbons (Fsp3) is 0.615. The first-order valence-electron chi connectivity index (χ1n) is 6.29. The molecule has 6 heteroatoms. The number of nitrogens with zero attached hydrogens (tertiary/aromatic N) is 2. The smallest absolute Gasteiger partial charge is 0.370 e. The second-order valence-corrected chi connectivity index (χ2v) is 4.76. The quantitative estimate of drug-likeness (QED) is 0.808. The number of hydrogen-bond donors (Lipinski definition) is 1. The summed E-state index contributed by atoms with van der Waals surface area (Å²) in [6, 6.07) is 4.34. The first-order valence-corrected chi connectivity index (χ1v) is 6.29. The molecule has 1 rings (SSSR count). The first-order chi connectivity index (χ1) is 8.80. The molecule has 0 amide bonds. The summed E-state index contributed by atoms with van der Waals surface area (Å²) in [6.45, 7) is 5.69. The molecule has 0 aromatic carbocycles. The lowest BCUT2D eigenvalue weighted by Crippen LogP contribution is -2.28. The molecule has 1 N–H and O–H groups in total. The maximum absolute atomic E-state index is 12.5. The van der Waals surface area contributed by atoms with Crippen LogP contribution in [0.5, 0.6) is 0 Å². The Bertz CT molecular complexity index is 391. The highest BCUT2D eigenvalue weighted by atomic mass is 19.4. The van der Waals surface area contributed by atoms with Crippen molar-refractivity contribution >= 4 is 5.82 Å². The van der Waals surface area contributed by atoms with E-state index in [-0.39, 0.29) is 5.82 Å². The Morgan fingerprint density at radius 1 is 1.32 bits per heavy atom. The molecular formula is C13H20F3N3. The van der Waals surface area contributed by atoms with Crippen LogP contribution in [0.2, 0.25) is 0 Å². The van der Waals surface area contributed by atoms with Crippen LogP contribution >= 0.6 is 0 Å². The molecule has 1 aromatic heterocycles. The zero-order chi connectivity index (χ0) is 14.5. The Balaban J connectivity index is 2.42. The van der Waals surface area contributed by atoms with Crippen LogP contribution in [0.1, 0.15) is 26.0 Å². The van der Waals surface area contributed by atoms with Gasteiger partial charge in [0.05, 0.1) is 0 Å². The Morgan fingerprint density at radius 3 is 2.58 bits per heavy atom. The van der Waals surface area contributed by atoms with Gasteiger partial charge in [0.25, 0.3) is 0 Å². The Kier molecular flexibility index (Phi) is 5.60. The van der Waals surface area contributed by atoms with E-state index in [1.54, 1.807) is 6.07 Å². The molecule has 0 radical (unpaired) electrons. The summed E-state index contributed by atoms with van der Waals surface area (Å²) in [5, 5.41) is 2.91. The zero-order valence-corrected chi connectivity index (χ0v) is 11.5. The summed E-state index contributed by atoms with van der Waals surface area (Å²) in [5.74, 6) is 0.266. The van der Waals surface area contributed by atoms with Crippen LogP contribution in [0.3, 0.4) is 0 Å². The standard InChI is InChI=1S/C13H20F3N3/c1-10(2)19(3)9-5-8-17-12-7-4-6-11(18-12)13(14,15)16/h4,6-7,10H,5,8-9H2,1-3H3,(H,17,18). The number of alkyl halides is 3. The fourth-order valence-electron chi connectivity index (χ4n) is 1.49.